The largest absolute Gasteiger partial charge is 0.341 e. The second-order valence-corrected chi connectivity index (χ2v) is 7.93. The fourth-order valence-electron chi connectivity index (χ4n) is 3.14. The lowest BCUT2D eigenvalue weighted by Crippen LogP contribution is -2.38. The number of nitrogens with one attached hydrogen (secondary N) is 1. The van der Waals surface area contributed by atoms with Gasteiger partial charge in [-0.2, -0.15) is 0 Å². The number of halogens is 1. The minimum atomic E-state index is -3.29. The molecule has 2 aliphatic rings. The highest BCUT2D eigenvalue weighted by Gasteiger charge is 2.61. The van der Waals surface area contributed by atoms with Crippen LogP contribution in [0.5, 0.6) is 0 Å². The van der Waals surface area contributed by atoms with E-state index in [9.17, 15) is 17.6 Å². The van der Waals surface area contributed by atoms with Gasteiger partial charge in [0.05, 0.1) is 12.2 Å². The fraction of sp³-hybridized carbons (Fsp3) is 0.533. The molecule has 120 valence electrons. The van der Waals surface area contributed by atoms with E-state index in [4.69, 9.17) is 0 Å². The van der Waals surface area contributed by atoms with Crippen molar-refractivity contribution in [2.24, 2.45) is 5.92 Å². The van der Waals surface area contributed by atoms with Crippen LogP contribution in [0.4, 0.5) is 4.39 Å². The van der Waals surface area contributed by atoms with Crippen molar-refractivity contribution in [1.82, 2.24) is 9.62 Å². The van der Waals surface area contributed by atoms with Crippen LogP contribution < -0.4 is 4.72 Å². The van der Waals surface area contributed by atoms with Crippen LogP contribution in [0.3, 0.4) is 0 Å². The second-order valence-electron chi connectivity index (χ2n) is 6.15. The molecular weight excluding hydrogens is 307 g/mol. The standard InChI is InChI=1S/C15H19FN2O3S/c1-22(20,21)17-12-7-8-18(10-12)14(19)13-9-15(13,16)11-5-3-2-4-6-11/h2-6,12-13,17H,7-10H2,1H3/t12-,13?,15?/m0/s1. The zero-order valence-corrected chi connectivity index (χ0v) is 13.1. The minimum absolute atomic E-state index is 0.205. The Kier molecular flexibility index (Phi) is 3.72. The van der Waals surface area contributed by atoms with Gasteiger partial charge < -0.3 is 4.90 Å². The molecule has 3 atom stereocenters. The SMILES string of the molecule is CS(=O)(=O)N[C@H]1CCN(C(=O)C2CC2(F)c2ccccc2)C1. The highest BCUT2D eigenvalue weighted by molar-refractivity contribution is 7.88. The molecule has 0 spiro atoms. The molecule has 1 saturated carbocycles. The van der Waals surface area contributed by atoms with E-state index in [0.29, 0.717) is 25.1 Å². The Bertz CT molecular complexity index is 679. The summed E-state index contributed by atoms with van der Waals surface area (Å²) in [6, 6.07) is 8.46. The Morgan fingerprint density at radius 2 is 2.05 bits per heavy atom. The fourth-order valence-corrected chi connectivity index (χ4v) is 3.93. The molecule has 1 heterocycles. The van der Waals surface area contributed by atoms with E-state index >= 15 is 0 Å². The van der Waals surface area contributed by atoms with Crippen molar-refractivity contribution >= 4 is 15.9 Å². The summed E-state index contributed by atoms with van der Waals surface area (Å²) in [5.74, 6) is -0.865. The number of nitrogens with zero attached hydrogens (tertiary/aromatic N) is 1. The van der Waals surface area contributed by atoms with E-state index in [1.165, 1.54) is 0 Å². The molecule has 0 aromatic heterocycles. The predicted octanol–water partition coefficient (Wildman–Crippen LogP) is 1.02. The summed E-state index contributed by atoms with van der Waals surface area (Å²) >= 11 is 0. The molecule has 22 heavy (non-hydrogen) atoms. The number of amides is 1. The molecule has 1 aliphatic heterocycles. The van der Waals surface area contributed by atoms with Crippen LogP contribution in [0.25, 0.3) is 0 Å². The summed E-state index contributed by atoms with van der Waals surface area (Å²) in [4.78, 5) is 14.0. The summed E-state index contributed by atoms with van der Waals surface area (Å²) in [5.41, 5.74) is -1.03. The van der Waals surface area contributed by atoms with Gasteiger partial charge in [0.2, 0.25) is 15.9 Å². The first kappa shape index (κ1) is 15.4. The highest BCUT2D eigenvalue weighted by atomic mass is 32.2. The van der Waals surface area contributed by atoms with Crippen molar-refractivity contribution in [2.75, 3.05) is 19.3 Å². The summed E-state index contributed by atoms with van der Waals surface area (Å²) in [6.45, 7) is 0.778. The lowest BCUT2D eigenvalue weighted by Gasteiger charge is -2.18. The molecule has 2 unspecified atom stereocenters. The number of benzene rings is 1. The molecule has 3 rings (SSSR count). The Labute approximate surface area is 129 Å². The molecular formula is C15H19FN2O3S. The van der Waals surface area contributed by atoms with Gasteiger partial charge in [-0.25, -0.2) is 17.5 Å². The maximum atomic E-state index is 14.8. The molecule has 7 heteroatoms. The summed E-state index contributed by atoms with van der Waals surface area (Å²) < 4.78 is 39.8. The maximum absolute atomic E-state index is 14.8. The second kappa shape index (κ2) is 5.31. The van der Waals surface area contributed by atoms with E-state index in [2.05, 4.69) is 4.72 Å². The number of rotatable bonds is 4. The van der Waals surface area contributed by atoms with Gasteiger partial charge in [-0.15, -0.1) is 0 Å². The number of sulfonamides is 1. The lowest BCUT2D eigenvalue weighted by atomic mass is 10.1. The Morgan fingerprint density at radius 1 is 1.36 bits per heavy atom. The van der Waals surface area contributed by atoms with Crippen molar-refractivity contribution in [3.8, 4) is 0 Å². The number of carbonyl (C=O) groups is 1. The first-order valence-electron chi connectivity index (χ1n) is 7.30. The number of hydrogen-bond donors (Lipinski definition) is 1. The van der Waals surface area contributed by atoms with Crippen molar-refractivity contribution < 1.29 is 17.6 Å². The molecule has 1 N–H and O–H groups in total. The average molecular weight is 326 g/mol. The maximum Gasteiger partial charge on any atom is 0.229 e. The van der Waals surface area contributed by atoms with Crippen LogP contribution in [0, 0.1) is 5.92 Å². The van der Waals surface area contributed by atoms with Crippen molar-refractivity contribution in [3.05, 3.63) is 35.9 Å². The van der Waals surface area contributed by atoms with E-state index in [0.717, 1.165) is 6.26 Å². The van der Waals surface area contributed by atoms with Crippen LogP contribution in [0.2, 0.25) is 0 Å². The van der Waals surface area contributed by atoms with E-state index in [-0.39, 0.29) is 18.4 Å². The third-order valence-electron chi connectivity index (χ3n) is 4.33. The van der Waals surface area contributed by atoms with Crippen molar-refractivity contribution in [3.63, 3.8) is 0 Å². The Morgan fingerprint density at radius 3 is 2.68 bits per heavy atom. The molecule has 1 aromatic carbocycles. The van der Waals surface area contributed by atoms with Crippen molar-refractivity contribution in [2.45, 2.75) is 24.6 Å². The van der Waals surface area contributed by atoms with Gasteiger partial charge in [-0.05, 0) is 12.0 Å². The van der Waals surface area contributed by atoms with Gasteiger partial charge in [0.15, 0.2) is 0 Å². The van der Waals surface area contributed by atoms with Crippen molar-refractivity contribution in [1.29, 1.82) is 0 Å². The molecule has 5 nitrogen and oxygen atoms in total. The molecule has 0 bridgehead atoms. The summed E-state index contributed by atoms with van der Waals surface area (Å²) in [5, 5.41) is 0. The first-order valence-corrected chi connectivity index (χ1v) is 9.19. The highest BCUT2D eigenvalue weighted by Crippen LogP contribution is 2.56. The summed E-state index contributed by atoms with van der Waals surface area (Å²) in [7, 11) is -3.29. The quantitative estimate of drug-likeness (QED) is 0.898. The van der Waals surface area contributed by atoms with Gasteiger partial charge in [0.1, 0.15) is 5.67 Å². The van der Waals surface area contributed by atoms with Crippen LogP contribution in [0.15, 0.2) is 30.3 Å². The normalized spacial score (nSPS) is 31.3. The Hall–Kier alpha value is -1.47. The Balaban J connectivity index is 1.63. The zero-order chi connectivity index (χ0) is 16.0. The first-order chi connectivity index (χ1) is 10.3. The molecule has 1 amide bonds. The van der Waals surface area contributed by atoms with E-state index in [1.807, 2.05) is 6.07 Å². The van der Waals surface area contributed by atoms with E-state index < -0.39 is 21.6 Å². The van der Waals surface area contributed by atoms with Gasteiger partial charge in [-0.3, -0.25) is 4.79 Å². The number of carbonyl (C=O) groups excluding carboxylic acids is 1. The monoisotopic (exact) mass is 326 g/mol. The van der Waals surface area contributed by atoms with Crippen LogP contribution >= 0.6 is 0 Å². The third kappa shape index (κ3) is 3.01. The summed E-state index contributed by atoms with van der Waals surface area (Å²) in [6.07, 6.45) is 1.87. The van der Waals surface area contributed by atoms with E-state index in [1.54, 1.807) is 29.2 Å². The lowest BCUT2D eigenvalue weighted by molar-refractivity contribution is -0.132. The molecule has 1 aliphatic carbocycles. The number of hydrogen-bond acceptors (Lipinski definition) is 3. The average Bonchev–Trinajstić information content (AvgIpc) is 2.95. The predicted molar refractivity (Wildman–Crippen MR) is 80.3 cm³/mol. The van der Waals surface area contributed by atoms with Crippen LogP contribution in [-0.2, 0) is 20.5 Å². The number of likely N-dealkylation sites (tertiary alicyclic amines) is 1. The third-order valence-corrected chi connectivity index (χ3v) is 5.09. The van der Waals surface area contributed by atoms with Crippen LogP contribution in [0.1, 0.15) is 18.4 Å². The smallest absolute Gasteiger partial charge is 0.229 e. The topological polar surface area (TPSA) is 66.5 Å². The van der Waals surface area contributed by atoms with Gasteiger partial charge in [0, 0.05) is 25.6 Å². The molecule has 2 fully saturated rings. The molecule has 1 aromatic rings. The minimum Gasteiger partial charge on any atom is -0.341 e. The van der Waals surface area contributed by atoms with Gasteiger partial charge in [-0.1, -0.05) is 30.3 Å². The van der Waals surface area contributed by atoms with Gasteiger partial charge in [0.25, 0.3) is 0 Å². The number of alkyl halides is 1. The molecule has 0 radical (unpaired) electrons. The van der Waals surface area contributed by atoms with Crippen LogP contribution in [-0.4, -0.2) is 44.6 Å². The zero-order valence-electron chi connectivity index (χ0n) is 12.3. The van der Waals surface area contributed by atoms with Gasteiger partial charge >= 0.3 is 0 Å². The molecule has 1 saturated heterocycles.